The van der Waals surface area contributed by atoms with Gasteiger partial charge in [0.2, 0.25) is 23.6 Å². The topological polar surface area (TPSA) is 318 Å². The fourth-order valence-electron chi connectivity index (χ4n) is 7.07. The minimum atomic E-state index is -1.37. The molecule has 8 unspecified atom stereocenters. The number of amidine groups is 1. The molecule has 4 amide bonds. The number of carboxylic acids is 1. The minimum absolute atomic E-state index is 0.227. The van der Waals surface area contributed by atoms with Crippen LogP contribution in [0.3, 0.4) is 0 Å². The third-order valence-corrected chi connectivity index (χ3v) is 11.1. The van der Waals surface area contributed by atoms with Crippen LogP contribution in [0.2, 0.25) is 0 Å². The first-order chi connectivity index (χ1) is 29.5. The van der Waals surface area contributed by atoms with Crippen molar-refractivity contribution in [1.29, 1.82) is 0 Å². The molecule has 0 aliphatic carbocycles. The second kappa shape index (κ2) is 32.4. The van der Waals surface area contributed by atoms with Crippen molar-refractivity contribution in [3.63, 3.8) is 0 Å². The van der Waals surface area contributed by atoms with Crippen molar-refractivity contribution >= 4 is 52.8 Å². The molecule has 0 aromatic carbocycles. The molecule has 0 aliphatic heterocycles. The van der Waals surface area contributed by atoms with E-state index in [1.165, 1.54) is 33.1 Å². The Balaban J connectivity index is 5.31. The number of carbonyl (C=O) groups excluding carboxylic acids is 7. The molecule has 18 nitrogen and oxygen atoms in total. The first kappa shape index (κ1) is 58.7. The van der Waals surface area contributed by atoms with Gasteiger partial charge in [0.05, 0.1) is 55.0 Å². The number of carbonyl (C=O) groups is 8. The van der Waals surface area contributed by atoms with Gasteiger partial charge in [-0.25, -0.2) is 0 Å². The van der Waals surface area contributed by atoms with Gasteiger partial charge in [-0.15, -0.1) is 0 Å². The molecule has 11 N–H and O–H groups in total. The number of nitrogens with two attached hydrogens (primary N) is 2. The standard InChI is InChI=1S/C45H80N6O12/c1-27(2)34(25-38(57)42(30(6)53)50-40(59)24-33(54)18-16-14-12-10-8-9-11-13-15-17-21-48-31(7)46)44(61)51-41(28(3)4)37(56)23-32(26-52)43(60)49-35(19-20-39(47)58)36(55)22-29(5)45(62)63/h27-30,32-35,41-42,52-54H,8-26H2,1-7H3,(H2,46,48)(H2,47,58)(H,49,60)(H,50,59)(H,51,61)(H,62,63). The average Bonchev–Trinajstić information content (AvgIpc) is 3.19. The van der Waals surface area contributed by atoms with E-state index in [1.807, 2.05) is 0 Å². The lowest BCUT2D eigenvalue weighted by molar-refractivity contribution is -0.143. The van der Waals surface area contributed by atoms with Gasteiger partial charge in [0.25, 0.3) is 0 Å². The molecule has 0 saturated heterocycles. The number of amides is 4. The number of aliphatic carboxylic acids is 1. The number of aliphatic hydroxyl groups excluding tert-OH is 3. The van der Waals surface area contributed by atoms with Gasteiger partial charge in [0, 0.05) is 38.1 Å². The van der Waals surface area contributed by atoms with Crippen molar-refractivity contribution in [1.82, 2.24) is 16.0 Å². The molecule has 18 heteroatoms. The van der Waals surface area contributed by atoms with Crippen LogP contribution in [-0.4, -0.2) is 117 Å². The maximum absolute atomic E-state index is 13.7. The number of carboxylic acid groups (broad SMARTS) is 1. The predicted octanol–water partition coefficient (Wildman–Crippen LogP) is 2.64. The zero-order chi connectivity index (χ0) is 48.2. The Kier molecular flexibility index (Phi) is 30.2. The molecular formula is C45H80N6O12. The highest BCUT2D eigenvalue weighted by Gasteiger charge is 2.36. The largest absolute Gasteiger partial charge is 0.481 e. The lowest BCUT2D eigenvalue weighted by atomic mass is 9.86. The molecule has 0 saturated carbocycles. The number of rotatable bonds is 37. The Labute approximate surface area is 373 Å². The Morgan fingerprint density at radius 1 is 0.603 bits per heavy atom. The van der Waals surface area contributed by atoms with Gasteiger partial charge in [-0.3, -0.25) is 43.3 Å². The van der Waals surface area contributed by atoms with Crippen LogP contribution < -0.4 is 27.4 Å². The number of primary amides is 1. The average molecular weight is 897 g/mol. The van der Waals surface area contributed by atoms with Crippen LogP contribution in [0.25, 0.3) is 0 Å². The number of unbranched alkanes of at least 4 members (excludes halogenated alkanes) is 9. The van der Waals surface area contributed by atoms with E-state index in [-0.39, 0.29) is 19.3 Å². The lowest BCUT2D eigenvalue weighted by Gasteiger charge is -2.28. The second-order valence-electron chi connectivity index (χ2n) is 17.8. The highest BCUT2D eigenvalue weighted by molar-refractivity contribution is 5.97. The summed E-state index contributed by atoms with van der Waals surface area (Å²) in [7, 11) is 0. The monoisotopic (exact) mass is 897 g/mol. The quantitative estimate of drug-likeness (QED) is 0.0246. The molecule has 8 atom stereocenters. The molecule has 0 heterocycles. The first-order valence-electron chi connectivity index (χ1n) is 22.7. The number of nitrogens with one attached hydrogen (secondary N) is 3. The van der Waals surface area contributed by atoms with Gasteiger partial charge in [-0.05, 0) is 44.9 Å². The van der Waals surface area contributed by atoms with Crippen molar-refractivity contribution in [2.75, 3.05) is 13.2 Å². The van der Waals surface area contributed by atoms with Crippen LogP contribution in [0.1, 0.15) is 158 Å². The second-order valence-corrected chi connectivity index (χ2v) is 17.8. The van der Waals surface area contributed by atoms with E-state index in [0.29, 0.717) is 12.3 Å². The number of Topliss-reactive ketones (excluding diaryl/α,β-unsaturated/α-hetero) is 3. The van der Waals surface area contributed by atoms with Gasteiger partial charge in [0.1, 0.15) is 6.04 Å². The summed E-state index contributed by atoms with van der Waals surface area (Å²) in [6.07, 6.45) is 6.63. The molecule has 0 radical (unpaired) electrons. The van der Waals surface area contributed by atoms with E-state index in [2.05, 4.69) is 20.9 Å². The Hall–Kier alpha value is -4.29. The van der Waals surface area contributed by atoms with E-state index >= 15 is 0 Å². The predicted molar refractivity (Wildman–Crippen MR) is 239 cm³/mol. The molecule has 0 aliphatic rings. The Bertz CT molecular complexity index is 1480. The molecule has 0 rings (SSSR count). The van der Waals surface area contributed by atoms with Crippen molar-refractivity contribution in [2.24, 2.45) is 46.0 Å². The fraction of sp³-hybridized carbons (Fsp3) is 0.800. The Morgan fingerprint density at radius 3 is 1.62 bits per heavy atom. The summed E-state index contributed by atoms with van der Waals surface area (Å²) < 4.78 is 0. The summed E-state index contributed by atoms with van der Waals surface area (Å²) in [5, 5.41) is 47.9. The van der Waals surface area contributed by atoms with Crippen molar-refractivity contribution in [2.45, 2.75) is 188 Å². The first-order valence-corrected chi connectivity index (χ1v) is 22.7. The van der Waals surface area contributed by atoms with Crippen molar-refractivity contribution in [3.05, 3.63) is 0 Å². The number of aliphatic imine (C=N–C) groups is 1. The molecule has 0 aromatic heterocycles. The van der Waals surface area contributed by atoms with Crippen LogP contribution in [0.15, 0.2) is 4.99 Å². The minimum Gasteiger partial charge on any atom is -0.481 e. The highest BCUT2D eigenvalue weighted by Crippen LogP contribution is 2.21. The van der Waals surface area contributed by atoms with Gasteiger partial charge in [-0.1, -0.05) is 92.4 Å². The van der Waals surface area contributed by atoms with Crippen molar-refractivity contribution < 1.29 is 58.8 Å². The van der Waals surface area contributed by atoms with Gasteiger partial charge < -0.3 is 47.8 Å². The maximum atomic E-state index is 13.7. The molecule has 0 bridgehead atoms. The summed E-state index contributed by atoms with van der Waals surface area (Å²) in [6, 6.07) is -3.84. The maximum Gasteiger partial charge on any atom is 0.306 e. The van der Waals surface area contributed by atoms with E-state index in [9.17, 15) is 58.8 Å². The number of ketones is 3. The van der Waals surface area contributed by atoms with Crippen LogP contribution in [0.4, 0.5) is 0 Å². The van der Waals surface area contributed by atoms with Crippen molar-refractivity contribution in [3.8, 4) is 0 Å². The summed E-state index contributed by atoms with van der Waals surface area (Å²) in [5.74, 6) is -9.90. The summed E-state index contributed by atoms with van der Waals surface area (Å²) in [6.45, 7) is 11.1. The molecule has 63 heavy (non-hydrogen) atoms. The van der Waals surface area contributed by atoms with E-state index in [4.69, 9.17) is 11.5 Å². The SMILES string of the molecule is CC(N)=NCCCCCCCCCCCCC(O)CC(=O)NC(C(=O)CC(C(=O)NC(C(=O)CC(CO)C(=O)NC(CCC(N)=O)C(=O)CC(C)C(=O)O)C(C)C)C(C)C)C(C)O. The Morgan fingerprint density at radius 2 is 1.14 bits per heavy atom. The van der Waals surface area contributed by atoms with E-state index < -0.39 is 133 Å². The number of hydrogen-bond acceptors (Lipinski definition) is 12. The number of aliphatic hydroxyl groups is 3. The molecular weight excluding hydrogens is 817 g/mol. The van der Waals surface area contributed by atoms with E-state index in [0.717, 1.165) is 51.5 Å². The van der Waals surface area contributed by atoms with Crippen LogP contribution in [0.5, 0.6) is 0 Å². The van der Waals surface area contributed by atoms with Gasteiger partial charge in [-0.2, -0.15) is 0 Å². The van der Waals surface area contributed by atoms with Gasteiger partial charge in [0.15, 0.2) is 17.3 Å². The summed E-state index contributed by atoms with van der Waals surface area (Å²) in [4.78, 5) is 107. The van der Waals surface area contributed by atoms with Gasteiger partial charge >= 0.3 is 5.97 Å². The van der Waals surface area contributed by atoms with E-state index in [1.54, 1.807) is 34.6 Å². The lowest BCUT2D eigenvalue weighted by Crippen LogP contribution is -2.52. The van der Waals surface area contributed by atoms with Crippen LogP contribution >= 0.6 is 0 Å². The fourth-order valence-corrected chi connectivity index (χ4v) is 7.07. The molecule has 0 aromatic rings. The molecule has 362 valence electrons. The zero-order valence-electron chi connectivity index (χ0n) is 38.9. The smallest absolute Gasteiger partial charge is 0.306 e. The van der Waals surface area contributed by atoms with Crippen LogP contribution in [-0.2, 0) is 38.4 Å². The van der Waals surface area contributed by atoms with Crippen LogP contribution in [0, 0.1) is 29.6 Å². The highest BCUT2D eigenvalue weighted by atomic mass is 16.4. The zero-order valence-corrected chi connectivity index (χ0v) is 38.9. The molecule has 0 fully saturated rings. The third kappa shape index (κ3) is 26.2. The summed E-state index contributed by atoms with van der Waals surface area (Å²) >= 11 is 0. The molecule has 0 spiro atoms. The number of nitrogens with zero attached hydrogens (tertiary/aromatic N) is 1. The number of hydrogen-bond donors (Lipinski definition) is 9. The normalized spacial score (nSPS) is 15.7. The summed E-state index contributed by atoms with van der Waals surface area (Å²) in [5.41, 5.74) is 10.8. The third-order valence-electron chi connectivity index (χ3n) is 11.1.